The molecule has 1 N–H and O–H groups in total. The van der Waals surface area contributed by atoms with Gasteiger partial charge in [0.2, 0.25) is 5.88 Å². The topological polar surface area (TPSA) is 97.8 Å². The highest BCUT2D eigenvalue weighted by molar-refractivity contribution is 7.90. The molecule has 0 fully saturated rings. The van der Waals surface area contributed by atoms with Crippen LogP contribution >= 0.6 is 0 Å². The summed E-state index contributed by atoms with van der Waals surface area (Å²) in [5.41, 5.74) is 4.11. The highest BCUT2D eigenvalue weighted by atomic mass is 32.2. The minimum atomic E-state index is -3.36. The maximum atomic E-state index is 11.9. The van der Waals surface area contributed by atoms with Crippen LogP contribution in [0.2, 0.25) is 0 Å². The standard InChI is InChI=1S/C18H19N3O5S/c1-21(2)18(22)13-6-4-12(5-7-13)15-10-16(20-26-15)25-14-8-9-17(19-11-14)27(3,23)24/h4-11,15,20H,1-3H3/t15-/m0/s1. The zero-order valence-corrected chi connectivity index (χ0v) is 15.9. The number of aromatic nitrogens is 1. The van der Waals surface area contributed by atoms with Gasteiger partial charge in [0.05, 0.1) is 6.20 Å². The summed E-state index contributed by atoms with van der Waals surface area (Å²) in [7, 11) is 0.0413. The highest BCUT2D eigenvalue weighted by Gasteiger charge is 2.21. The first-order chi connectivity index (χ1) is 12.7. The molecule has 0 spiro atoms. The first kappa shape index (κ1) is 18.9. The van der Waals surface area contributed by atoms with Crippen LogP contribution in [0, 0.1) is 0 Å². The average Bonchev–Trinajstić information content (AvgIpc) is 3.09. The van der Waals surface area contributed by atoms with E-state index >= 15 is 0 Å². The smallest absolute Gasteiger partial charge is 0.253 e. The zero-order valence-electron chi connectivity index (χ0n) is 15.0. The number of carbonyl (C=O) groups excluding carboxylic acids is 1. The Hall–Kier alpha value is -2.91. The molecule has 1 amide bonds. The number of pyridine rings is 1. The lowest BCUT2D eigenvalue weighted by atomic mass is 10.1. The molecule has 1 aromatic heterocycles. The van der Waals surface area contributed by atoms with E-state index in [2.05, 4.69) is 10.5 Å². The summed E-state index contributed by atoms with van der Waals surface area (Å²) in [5.74, 6) is 0.663. The summed E-state index contributed by atoms with van der Waals surface area (Å²) >= 11 is 0. The number of hydrogen-bond acceptors (Lipinski definition) is 7. The van der Waals surface area contributed by atoms with Gasteiger partial charge in [-0.3, -0.25) is 9.63 Å². The van der Waals surface area contributed by atoms with Crippen LogP contribution in [0.1, 0.15) is 22.0 Å². The Balaban J connectivity index is 1.68. The first-order valence-electron chi connectivity index (χ1n) is 8.03. The van der Waals surface area contributed by atoms with Gasteiger partial charge in [-0.1, -0.05) is 12.1 Å². The number of rotatable bonds is 5. The third-order valence-corrected chi connectivity index (χ3v) is 4.80. The lowest BCUT2D eigenvalue weighted by Gasteiger charge is -2.11. The largest absolute Gasteiger partial charge is 0.438 e. The molecule has 27 heavy (non-hydrogen) atoms. The Morgan fingerprint density at radius 2 is 1.89 bits per heavy atom. The number of ether oxygens (including phenoxy) is 1. The van der Waals surface area contributed by atoms with Crippen molar-refractivity contribution in [2.45, 2.75) is 11.1 Å². The van der Waals surface area contributed by atoms with Crippen molar-refractivity contribution < 1.29 is 22.8 Å². The predicted octanol–water partition coefficient (Wildman–Crippen LogP) is 1.68. The van der Waals surface area contributed by atoms with Crippen LogP contribution in [-0.2, 0) is 14.7 Å². The van der Waals surface area contributed by atoms with Crippen molar-refractivity contribution in [1.29, 1.82) is 0 Å². The number of sulfone groups is 1. The van der Waals surface area contributed by atoms with E-state index in [1.165, 1.54) is 23.2 Å². The minimum Gasteiger partial charge on any atom is -0.438 e. The summed E-state index contributed by atoms with van der Waals surface area (Å²) in [5, 5.41) is -0.0234. The SMILES string of the molecule is CN(C)C(=O)c1ccc([C@@H]2C=C(Oc3ccc(S(C)(=O)=O)nc3)NO2)cc1. The molecule has 0 radical (unpaired) electrons. The Bertz CT molecular complexity index is 967. The van der Waals surface area contributed by atoms with E-state index in [0.717, 1.165) is 11.8 Å². The summed E-state index contributed by atoms with van der Waals surface area (Å²) < 4.78 is 28.4. The second-order valence-electron chi connectivity index (χ2n) is 6.20. The van der Waals surface area contributed by atoms with Crippen molar-refractivity contribution in [3.63, 3.8) is 0 Å². The van der Waals surface area contributed by atoms with Crippen molar-refractivity contribution in [2.75, 3.05) is 20.4 Å². The van der Waals surface area contributed by atoms with Gasteiger partial charge in [-0.15, -0.1) is 0 Å². The van der Waals surface area contributed by atoms with Gasteiger partial charge >= 0.3 is 0 Å². The van der Waals surface area contributed by atoms with Gasteiger partial charge < -0.3 is 9.64 Å². The second kappa shape index (κ2) is 7.37. The van der Waals surface area contributed by atoms with Crippen LogP contribution in [0.5, 0.6) is 5.75 Å². The van der Waals surface area contributed by atoms with Crippen molar-refractivity contribution in [3.05, 3.63) is 65.7 Å². The summed E-state index contributed by atoms with van der Waals surface area (Å²) in [6.07, 6.45) is 3.76. The van der Waals surface area contributed by atoms with Crippen LogP contribution in [0.15, 0.2) is 59.6 Å². The molecule has 2 heterocycles. The Kier molecular flexibility index (Phi) is 5.15. The van der Waals surface area contributed by atoms with Crippen LogP contribution < -0.4 is 10.2 Å². The molecule has 1 atom stereocenters. The third-order valence-electron chi connectivity index (χ3n) is 3.80. The molecular weight excluding hydrogens is 370 g/mol. The van der Waals surface area contributed by atoms with E-state index in [1.807, 2.05) is 12.1 Å². The maximum Gasteiger partial charge on any atom is 0.253 e. The highest BCUT2D eigenvalue weighted by Crippen LogP contribution is 2.26. The van der Waals surface area contributed by atoms with E-state index in [0.29, 0.717) is 17.2 Å². The number of nitrogens with one attached hydrogen (secondary N) is 1. The molecule has 0 saturated heterocycles. The van der Waals surface area contributed by atoms with Crippen LogP contribution in [-0.4, -0.2) is 44.6 Å². The van der Waals surface area contributed by atoms with Gasteiger partial charge in [-0.25, -0.2) is 18.9 Å². The quantitative estimate of drug-likeness (QED) is 0.831. The number of carbonyl (C=O) groups is 1. The molecule has 2 aromatic rings. The molecule has 0 bridgehead atoms. The Morgan fingerprint density at radius 3 is 2.44 bits per heavy atom. The van der Waals surface area contributed by atoms with Crippen molar-refractivity contribution in [2.24, 2.45) is 0 Å². The van der Waals surface area contributed by atoms with E-state index in [1.54, 1.807) is 32.3 Å². The molecule has 142 valence electrons. The fourth-order valence-corrected chi connectivity index (χ4v) is 2.95. The molecule has 1 aliphatic heterocycles. The number of hydroxylamine groups is 1. The lowest BCUT2D eigenvalue weighted by molar-refractivity contribution is 0.0273. The van der Waals surface area contributed by atoms with E-state index in [4.69, 9.17) is 9.57 Å². The van der Waals surface area contributed by atoms with Gasteiger partial charge in [-0.2, -0.15) is 0 Å². The van der Waals surface area contributed by atoms with Gasteiger partial charge in [0.15, 0.2) is 14.9 Å². The second-order valence-corrected chi connectivity index (χ2v) is 8.16. The summed E-state index contributed by atoms with van der Waals surface area (Å²) in [6, 6.07) is 9.99. The van der Waals surface area contributed by atoms with Gasteiger partial charge in [0.25, 0.3) is 5.91 Å². The van der Waals surface area contributed by atoms with Crippen LogP contribution in [0.3, 0.4) is 0 Å². The van der Waals surface area contributed by atoms with Crippen LogP contribution in [0.4, 0.5) is 0 Å². The zero-order chi connectivity index (χ0) is 19.6. The van der Waals surface area contributed by atoms with Crippen molar-refractivity contribution >= 4 is 15.7 Å². The van der Waals surface area contributed by atoms with Gasteiger partial charge in [-0.05, 0) is 29.8 Å². The van der Waals surface area contributed by atoms with Gasteiger partial charge in [0.1, 0.15) is 11.9 Å². The van der Waals surface area contributed by atoms with Gasteiger partial charge in [0, 0.05) is 32.0 Å². The number of amides is 1. The van der Waals surface area contributed by atoms with Crippen LogP contribution in [0.25, 0.3) is 0 Å². The number of hydrogen-bond donors (Lipinski definition) is 1. The molecule has 0 saturated carbocycles. The Labute approximate surface area is 157 Å². The van der Waals surface area contributed by atoms with Crippen molar-refractivity contribution in [3.8, 4) is 5.75 Å². The summed E-state index contributed by atoms with van der Waals surface area (Å²) in [6.45, 7) is 0. The normalized spacial score (nSPS) is 16.4. The molecule has 0 aliphatic carbocycles. The molecule has 8 nitrogen and oxygen atoms in total. The average molecular weight is 389 g/mol. The summed E-state index contributed by atoms with van der Waals surface area (Å²) in [4.78, 5) is 22.8. The molecule has 1 aliphatic rings. The fourth-order valence-electron chi connectivity index (χ4n) is 2.39. The molecule has 9 heteroatoms. The molecule has 1 aromatic carbocycles. The minimum absolute atomic E-state index is 0.0234. The Morgan fingerprint density at radius 1 is 1.19 bits per heavy atom. The van der Waals surface area contributed by atoms with E-state index in [9.17, 15) is 13.2 Å². The lowest BCUT2D eigenvalue weighted by Crippen LogP contribution is -2.21. The van der Waals surface area contributed by atoms with Crippen molar-refractivity contribution in [1.82, 2.24) is 15.4 Å². The fraction of sp³-hybridized carbons (Fsp3) is 0.222. The van der Waals surface area contributed by atoms with E-state index < -0.39 is 9.84 Å². The van der Waals surface area contributed by atoms with E-state index in [-0.39, 0.29) is 17.0 Å². The molecular formula is C18H19N3O5S. The molecule has 3 rings (SSSR count). The number of benzene rings is 1. The number of nitrogens with zero attached hydrogens (tertiary/aromatic N) is 2. The maximum absolute atomic E-state index is 11.9. The molecule has 0 unspecified atom stereocenters. The third kappa shape index (κ3) is 4.44. The monoisotopic (exact) mass is 389 g/mol. The first-order valence-corrected chi connectivity index (χ1v) is 9.92. The predicted molar refractivity (Wildman–Crippen MR) is 97.5 cm³/mol.